The lowest BCUT2D eigenvalue weighted by molar-refractivity contribution is -0.153. The molecule has 162 valence electrons. The van der Waals surface area contributed by atoms with E-state index < -0.39 is 0 Å². The van der Waals surface area contributed by atoms with E-state index in [4.69, 9.17) is 11.6 Å². The fourth-order valence-electron chi connectivity index (χ4n) is 5.62. The molecule has 1 aromatic carbocycles. The maximum atomic E-state index is 12.5. The minimum absolute atomic E-state index is 0.0985. The van der Waals surface area contributed by atoms with Gasteiger partial charge in [0.1, 0.15) is 5.82 Å². The van der Waals surface area contributed by atoms with Gasteiger partial charge in [0.2, 0.25) is 11.8 Å². The van der Waals surface area contributed by atoms with Crippen molar-refractivity contribution in [3.63, 3.8) is 0 Å². The molecule has 0 N–H and O–H groups in total. The summed E-state index contributed by atoms with van der Waals surface area (Å²) >= 11 is 6.29. The first-order chi connectivity index (χ1) is 15.0. The number of likely N-dealkylation sites (tertiary alicyclic amines) is 1. The molecule has 2 aliphatic carbocycles. The Morgan fingerprint density at radius 1 is 1.13 bits per heavy atom. The van der Waals surface area contributed by atoms with Crippen molar-refractivity contribution in [3.8, 4) is 5.69 Å². The highest BCUT2D eigenvalue weighted by Gasteiger charge is 2.56. The molecular weight excluding hydrogens is 414 g/mol. The molecule has 4 aliphatic rings. The van der Waals surface area contributed by atoms with E-state index in [9.17, 15) is 9.59 Å². The minimum Gasteiger partial charge on any atom is -0.341 e. The van der Waals surface area contributed by atoms with E-state index in [-0.39, 0.29) is 11.3 Å². The molecule has 0 unspecified atom stereocenters. The van der Waals surface area contributed by atoms with Gasteiger partial charge in [-0.15, -0.1) is 10.2 Å². The van der Waals surface area contributed by atoms with Gasteiger partial charge in [0.25, 0.3) is 0 Å². The summed E-state index contributed by atoms with van der Waals surface area (Å²) in [6.07, 6.45) is 4.67. The zero-order valence-corrected chi connectivity index (χ0v) is 18.4. The van der Waals surface area contributed by atoms with E-state index in [1.807, 2.05) is 34.9 Å². The summed E-state index contributed by atoms with van der Waals surface area (Å²) in [5, 5.41) is 9.74. The smallest absolute Gasteiger partial charge is 0.225 e. The summed E-state index contributed by atoms with van der Waals surface area (Å²) < 4.78 is 2.15. The zero-order valence-electron chi connectivity index (χ0n) is 17.7. The molecule has 3 fully saturated rings. The lowest BCUT2D eigenvalue weighted by Crippen LogP contribution is -2.63. The molecule has 2 aliphatic heterocycles. The maximum Gasteiger partial charge on any atom is 0.225 e. The standard InChI is InChI=1S/C23H26ClN5O2/c1-2-20(30)27-10-15-7-17(24)5-6-18(15)29-19(11-27)25-26-21(29)16-8-23(9-16)12-28(13-23)22(31)14-3-4-14/h5-7,14,16H,2-4,8-13H2,1H3. The molecule has 1 aromatic heterocycles. The number of hydrogen-bond acceptors (Lipinski definition) is 4. The van der Waals surface area contributed by atoms with E-state index in [2.05, 4.69) is 14.8 Å². The van der Waals surface area contributed by atoms with Gasteiger partial charge in [-0.05, 0) is 49.4 Å². The van der Waals surface area contributed by atoms with Crippen LogP contribution in [0.15, 0.2) is 18.2 Å². The van der Waals surface area contributed by atoms with E-state index in [1.165, 1.54) is 0 Å². The van der Waals surface area contributed by atoms with E-state index in [0.29, 0.717) is 42.3 Å². The monoisotopic (exact) mass is 439 g/mol. The predicted octanol–water partition coefficient (Wildman–Crippen LogP) is 3.29. The molecule has 1 spiro atoms. The average Bonchev–Trinajstić information content (AvgIpc) is 3.49. The molecule has 31 heavy (non-hydrogen) atoms. The molecule has 1 saturated heterocycles. The van der Waals surface area contributed by atoms with Gasteiger partial charge in [-0.2, -0.15) is 0 Å². The Labute approximate surface area is 186 Å². The Kier molecular flexibility index (Phi) is 4.23. The van der Waals surface area contributed by atoms with Gasteiger partial charge in [-0.25, -0.2) is 0 Å². The molecular formula is C23H26ClN5O2. The Hall–Kier alpha value is -2.41. The van der Waals surface area contributed by atoms with Crippen molar-refractivity contribution in [2.24, 2.45) is 11.3 Å². The van der Waals surface area contributed by atoms with E-state index >= 15 is 0 Å². The summed E-state index contributed by atoms with van der Waals surface area (Å²) in [5.41, 5.74) is 2.30. The van der Waals surface area contributed by atoms with Crippen LogP contribution in [0.3, 0.4) is 0 Å². The number of amides is 2. The maximum absolute atomic E-state index is 12.5. The second-order valence-corrected chi connectivity index (χ2v) is 10.2. The number of nitrogens with zero attached hydrogens (tertiary/aromatic N) is 5. The molecule has 0 bridgehead atoms. The van der Waals surface area contributed by atoms with Crippen LogP contribution in [0.1, 0.15) is 62.2 Å². The third-order valence-corrected chi connectivity index (χ3v) is 7.64. The van der Waals surface area contributed by atoms with Gasteiger partial charge in [0.15, 0.2) is 5.82 Å². The summed E-state index contributed by atoms with van der Waals surface area (Å²) in [5.74, 6) is 2.87. The molecule has 7 nitrogen and oxygen atoms in total. The second-order valence-electron chi connectivity index (χ2n) is 9.76. The van der Waals surface area contributed by atoms with E-state index in [0.717, 1.165) is 61.7 Å². The number of benzene rings is 1. The summed E-state index contributed by atoms with van der Waals surface area (Å²) in [6, 6.07) is 5.85. The third kappa shape index (κ3) is 3.08. The number of halogens is 1. The van der Waals surface area contributed by atoms with Crippen molar-refractivity contribution >= 4 is 23.4 Å². The van der Waals surface area contributed by atoms with Crippen LogP contribution in [0, 0.1) is 11.3 Å². The van der Waals surface area contributed by atoms with Crippen LogP contribution in [0.25, 0.3) is 5.69 Å². The summed E-state index contributed by atoms with van der Waals surface area (Å²) in [6.45, 7) is 4.65. The van der Waals surface area contributed by atoms with Gasteiger partial charge < -0.3 is 9.80 Å². The summed E-state index contributed by atoms with van der Waals surface area (Å²) in [4.78, 5) is 28.7. The normalized spacial score (nSPS) is 21.7. The van der Waals surface area contributed by atoms with Crippen LogP contribution in [0.5, 0.6) is 0 Å². The van der Waals surface area contributed by atoms with Crippen LogP contribution in [-0.2, 0) is 22.7 Å². The number of carbonyl (C=O) groups excluding carboxylic acids is 2. The highest BCUT2D eigenvalue weighted by molar-refractivity contribution is 6.30. The van der Waals surface area contributed by atoms with Gasteiger partial charge in [0.05, 0.1) is 12.2 Å². The number of aromatic nitrogens is 3. The highest BCUT2D eigenvalue weighted by Crippen LogP contribution is 2.56. The predicted molar refractivity (Wildman–Crippen MR) is 115 cm³/mol. The molecule has 6 rings (SSSR count). The van der Waals surface area contributed by atoms with Crippen LogP contribution >= 0.6 is 11.6 Å². The third-order valence-electron chi connectivity index (χ3n) is 7.40. The first-order valence-electron chi connectivity index (χ1n) is 11.3. The molecule has 2 amide bonds. The lowest BCUT2D eigenvalue weighted by atomic mass is 9.57. The van der Waals surface area contributed by atoms with Crippen molar-refractivity contribution in [1.82, 2.24) is 24.6 Å². The van der Waals surface area contributed by atoms with Crippen LogP contribution < -0.4 is 0 Å². The van der Waals surface area contributed by atoms with Crippen molar-refractivity contribution in [2.75, 3.05) is 13.1 Å². The fourth-order valence-corrected chi connectivity index (χ4v) is 5.82. The molecule has 2 aromatic rings. The quantitative estimate of drug-likeness (QED) is 0.735. The summed E-state index contributed by atoms with van der Waals surface area (Å²) in [7, 11) is 0. The first-order valence-corrected chi connectivity index (χ1v) is 11.6. The van der Waals surface area contributed by atoms with Crippen molar-refractivity contribution < 1.29 is 9.59 Å². The van der Waals surface area contributed by atoms with Crippen LogP contribution in [0.2, 0.25) is 5.02 Å². The highest BCUT2D eigenvalue weighted by atomic mass is 35.5. The Bertz CT molecular complexity index is 1080. The van der Waals surface area contributed by atoms with Crippen LogP contribution in [-0.4, -0.2) is 49.5 Å². The van der Waals surface area contributed by atoms with Crippen molar-refractivity contribution in [3.05, 3.63) is 40.4 Å². The minimum atomic E-state index is 0.0985. The zero-order chi connectivity index (χ0) is 21.3. The fraction of sp³-hybridized carbons (Fsp3) is 0.565. The van der Waals surface area contributed by atoms with Crippen molar-refractivity contribution in [1.29, 1.82) is 0 Å². The second kappa shape index (κ2) is 6.79. The number of hydrogen-bond donors (Lipinski definition) is 0. The topological polar surface area (TPSA) is 71.3 Å². The largest absolute Gasteiger partial charge is 0.341 e. The first kappa shape index (κ1) is 19.3. The SMILES string of the molecule is CCC(=O)N1Cc2cc(Cl)ccc2-n2c(nnc2C2CC3(C2)CN(C(=O)C2CC2)C3)C1. The molecule has 2 saturated carbocycles. The van der Waals surface area contributed by atoms with Gasteiger partial charge in [0, 0.05) is 48.3 Å². The average molecular weight is 440 g/mol. The Balaban J connectivity index is 1.27. The lowest BCUT2D eigenvalue weighted by Gasteiger charge is -2.58. The number of rotatable bonds is 3. The Morgan fingerprint density at radius 2 is 1.90 bits per heavy atom. The molecule has 0 radical (unpaired) electrons. The Morgan fingerprint density at radius 3 is 2.61 bits per heavy atom. The van der Waals surface area contributed by atoms with Crippen LogP contribution in [0.4, 0.5) is 0 Å². The number of carbonyl (C=O) groups is 2. The molecule has 3 heterocycles. The number of fused-ring (bicyclic) bond motifs is 3. The van der Waals surface area contributed by atoms with Gasteiger partial charge in [-0.3, -0.25) is 14.2 Å². The van der Waals surface area contributed by atoms with E-state index in [1.54, 1.807) is 0 Å². The van der Waals surface area contributed by atoms with Gasteiger partial charge in [-0.1, -0.05) is 18.5 Å². The van der Waals surface area contributed by atoms with Gasteiger partial charge >= 0.3 is 0 Å². The molecule has 0 atom stereocenters. The molecule has 8 heteroatoms. The van der Waals surface area contributed by atoms with Crippen molar-refractivity contribution in [2.45, 2.75) is 58.0 Å².